The Morgan fingerprint density at radius 1 is 1.46 bits per heavy atom. The van der Waals surface area contributed by atoms with E-state index in [2.05, 4.69) is 0 Å². The molecule has 0 spiro atoms. The minimum absolute atomic E-state index is 0.482. The molecule has 0 bridgehead atoms. The van der Waals surface area contributed by atoms with Crippen LogP contribution in [0.5, 0.6) is 0 Å². The summed E-state index contributed by atoms with van der Waals surface area (Å²) >= 11 is 7.51. The van der Waals surface area contributed by atoms with Crippen LogP contribution in [-0.2, 0) is 0 Å². The standard InChI is InChI=1S/C10H8ClNS/c1-13-9-4-2-8(3-5-9)10(11)6-7-12/h2-6H,1H3. The van der Waals surface area contributed by atoms with Gasteiger partial charge in [0.25, 0.3) is 0 Å². The lowest BCUT2D eigenvalue weighted by atomic mass is 10.2. The van der Waals surface area contributed by atoms with Crippen LogP contribution in [0.4, 0.5) is 0 Å². The van der Waals surface area contributed by atoms with Crippen LogP contribution in [-0.4, -0.2) is 6.26 Å². The Morgan fingerprint density at radius 2 is 2.08 bits per heavy atom. The lowest BCUT2D eigenvalue weighted by Crippen LogP contribution is -1.76. The molecule has 0 aliphatic rings. The Balaban J connectivity index is 2.94. The Labute approximate surface area is 87.0 Å². The molecule has 1 aromatic carbocycles. The molecule has 0 unspecified atom stereocenters. The molecule has 0 saturated heterocycles. The van der Waals surface area contributed by atoms with Gasteiger partial charge in [0.05, 0.1) is 11.1 Å². The SMILES string of the molecule is CSc1ccc(C(Cl)=CC#N)cc1. The van der Waals surface area contributed by atoms with E-state index in [0.29, 0.717) is 5.03 Å². The Hall–Kier alpha value is -0.910. The zero-order chi connectivity index (χ0) is 9.68. The average Bonchev–Trinajstić information content (AvgIpc) is 2.18. The van der Waals surface area contributed by atoms with E-state index in [1.807, 2.05) is 36.6 Å². The van der Waals surface area contributed by atoms with Gasteiger partial charge in [0.2, 0.25) is 0 Å². The third-order valence-electron chi connectivity index (χ3n) is 1.56. The van der Waals surface area contributed by atoms with E-state index >= 15 is 0 Å². The highest BCUT2D eigenvalue weighted by Gasteiger charge is 1.96. The number of rotatable bonds is 2. The monoisotopic (exact) mass is 209 g/mol. The number of hydrogen-bond acceptors (Lipinski definition) is 2. The summed E-state index contributed by atoms with van der Waals surface area (Å²) in [6, 6.07) is 9.66. The van der Waals surface area contributed by atoms with Crippen LogP contribution in [0.3, 0.4) is 0 Å². The lowest BCUT2D eigenvalue weighted by molar-refractivity contribution is 1.45. The van der Waals surface area contributed by atoms with E-state index < -0.39 is 0 Å². The highest BCUT2D eigenvalue weighted by Crippen LogP contribution is 2.21. The summed E-state index contributed by atoms with van der Waals surface area (Å²) in [5.41, 5.74) is 0.876. The maximum atomic E-state index is 8.38. The van der Waals surface area contributed by atoms with Gasteiger partial charge in [0.15, 0.2) is 0 Å². The van der Waals surface area contributed by atoms with Gasteiger partial charge < -0.3 is 0 Å². The molecule has 0 atom stereocenters. The van der Waals surface area contributed by atoms with Gasteiger partial charge in [-0.25, -0.2) is 0 Å². The van der Waals surface area contributed by atoms with Crippen LogP contribution in [0.25, 0.3) is 5.03 Å². The molecular formula is C10H8ClNS. The molecule has 0 amide bonds. The molecular weight excluding hydrogens is 202 g/mol. The second-order valence-corrected chi connectivity index (χ2v) is 3.64. The Kier molecular flexibility index (Phi) is 3.88. The van der Waals surface area contributed by atoms with E-state index in [1.165, 1.54) is 11.0 Å². The molecule has 1 nitrogen and oxygen atoms in total. The molecule has 0 saturated carbocycles. The minimum atomic E-state index is 0.482. The average molecular weight is 210 g/mol. The molecule has 0 fully saturated rings. The van der Waals surface area contributed by atoms with Gasteiger partial charge in [-0.05, 0) is 24.0 Å². The number of allylic oxidation sites excluding steroid dienone is 1. The van der Waals surface area contributed by atoms with Crippen molar-refractivity contribution in [1.29, 1.82) is 5.26 Å². The van der Waals surface area contributed by atoms with Crippen LogP contribution >= 0.6 is 23.4 Å². The molecule has 0 aliphatic carbocycles. The van der Waals surface area contributed by atoms with Crippen molar-refractivity contribution in [2.24, 2.45) is 0 Å². The summed E-state index contributed by atoms with van der Waals surface area (Å²) in [4.78, 5) is 1.19. The van der Waals surface area contributed by atoms with Crippen molar-refractivity contribution in [3.63, 3.8) is 0 Å². The molecule has 0 aliphatic heterocycles. The molecule has 0 heterocycles. The Morgan fingerprint density at radius 3 is 2.54 bits per heavy atom. The van der Waals surface area contributed by atoms with Gasteiger partial charge in [-0.15, -0.1) is 11.8 Å². The van der Waals surface area contributed by atoms with Crippen molar-refractivity contribution in [2.45, 2.75) is 4.90 Å². The van der Waals surface area contributed by atoms with Crippen molar-refractivity contribution in [3.8, 4) is 6.07 Å². The highest BCUT2D eigenvalue weighted by molar-refractivity contribution is 7.98. The third kappa shape index (κ3) is 2.80. The number of nitriles is 1. The molecule has 13 heavy (non-hydrogen) atoms. The predicted octanol–water partition coefficient (Wildman–Crippen LogP) is 3.51. The van der Waals surface area contributed by atoms with E-state index in [1.54, 1.807) is 11.8 Å². The number of nitrogens with zero attached hydrogens (tertiary/aromatic N) is 1. The molecule has 1 rings (SSSR count). The number of thioether (sulfide) groups is 1. The van der Waals surface area contributed by atoms with Crippen molar-refractivity contribution < 1.29 is 0 Å². The van der Waals surface area contributed by atoms with E-state index in [0.717, 1.165) is 5.56 Å². The fourth-order valence-electron chi connectivity index (χ4n) is 0.890. The summed E-state index contributed by atoms with van der Waals surface area (Å²) in [5, 5.41) is 8.87. The first-order chi connectivity index (χ1) is 6.27. The van der Waals surface area contributed by atoms with Crippen LogP contribution in [0.2, 0.25) is 0 Å². The number of hydrogen-bond donors (Lipinski definition) is 0. The zero-order valence-electron chi connectivity index (χ0n) is 7.12. The fourth-order valence-corrected chi connectivity index (χ4v) is 1.47. The smallest absolute Gasteiger partial charge is 0.0927 e. The van der Waals surface area contributed by atoms with Crippen LogP contribution in [0.15, 0.2) is 35.2 Å². The fraction of sp³-hybridized carbons (Fsp3) is 0.100. The van der Waals surface area contributed by atoms with Crippen LogP contribution in [0.1, 0.15) is 5.56 Å². The zero-order valence-corrected chi connectivity index (χ0v) is 8.69. The van der Waals surface area contributed by atoms with E-state index in [4.69, 9.17) is 16.9 Å². The second kappa shape index (κ2) is 4.96. The van der Waals surface area contributed by atoms with E-state index in [-0.39, 0.29) is 0 Å². The van der Waals surface area contributed by atoms with Crippen molar-refractivity contribution in [2.75, 3.05) is 6.26 Å². The van der Waals surface area contributed by atoms with Gasteiger partial charge in [-0.3, -0.25) is 0 Å². The van der Waals surface area contributed by atoms with Crippen molar-refractivity contribution in [3.05, 3.63) is 35.9 Å². The van der Waals surface area contributed by atoms with Crippen LogP contribution < -0.4 is 0 Å². The summed E-state index contributed by atoms with van der Waals surface area (Å²) < 4.78 is 0. The van der Waals surface area contributed by atoms with Gasteiger partial charge in [0, 0.05) is 11.0 Å². The third-order valence-corrected chi connectivity index (χ3v) is 2.63. The molecule has 1 aromatic rings. The summed E-state index contributed by atoms with van der Waals surface area (Å²) in [6.07, 6.45) is 3.34. The summed E-state index contributed by atoms with van der Waals surface area (Å²) in [6.45, 7) is 0. The normalized spacial score (nSPS) is 11.0. The molecule has 66 valence electrons. The number of halogens is 1. The predicted molar refractivity (Wildman–Crippen MR) is 57.7 cm³/mol. The van der Waals surface area contributed by atoms with Gasteiger partial charge in [0.1, 0.15) is 0 Å². The first-order valence-corrected chi connectivity index (χ1v) is 5.28. The summed E-state index contributed by atoms with van der Waals surface area (Å²) in [7, 11) is 0. The first-order valence-electron chi connectivity index (χ1n) is 3.67. The second-order valence-electron chi connectivity index (χ2n) is 2.35. The lowest BCUT2D eigenvalue weighted by Gasteiger charge is -1.99. The quantitative estimate of drug-likeness (QED) is 0.550. The molecule has 0 radical (unpaired) electrons. The summed E-state index contributed by atoms with van der Waals surface area (Å²) in [5.74, 6) is 0. The topological polar surface area (TPSA) is 23.8 Å². The van der Waals surface area contributed by atoms with Gasteiger partial charge >= 0.3 is 0 Å². The molecule has 0 aromatic heterocycles. The highest BCUT2D eigenvalue weighted by atomic mass is 35.5. The van der Waals surface area contributed by atoms with E-state index in [9.17, 15) is 0 Å². The molecule has 3 heteroatoms. The number of benzene rings is 1. The van der Waals surface area contributed by atoms with Crippen molar-refractivity contribution >= 4 is 28.4 Å². The van der Waals surface area contributed by atoms with Gasteiger partial charge in [-0.2, -0.15) is 5.26 Å². The first kappa shape index (κ1) is 10.2. The van der Waals surface area contributed by atoms with Gasteiger partial charge in [-0.1, -0.05) is 23.7 Å². The maximum Gasteiger partial charge on any atom is 0.0927 e. The minimum Gasteiger partial charge on any atom is -0.193 e. The largest absolute Gasteiger partial charge is 0.193 e. The van der Waals surface area contributed by atoms with Crippen LogP contribution in [0, 0.1) is 11.3 Å². The maximum absolute atomic E-state index is 8.38. The van der Waals surface area contributed by atoms with Crippen molar-refractivity contribution in [1.82, 2.24) is 0 Å². The Bertz CT molecular complexity index is 348. The molecule has 0 N–H and O–H groups in total.